The summed E-state index contributed by atoms with van der Waals surface area (Å²) in [4.78, 5) is 23.6. The van der Waals surface area contributed by atoms with Gasteiger partial charge in [-0.05, 0) is 19.3 Å². The molecule has 3 N–H and O–H groups in total. The third-order valence-corrected chi connectivity index (χ3v) is 4.15. The average Bonchev–Trinajstić information content (AvgIpc) is 2.56. The first kappa shape index (κ1) is 12.7. The minimum absolute atomic E-state index is 0.0423. The maximum absolute atomic E-state index is 12.0. The number of thioether (sulfide) groups is 1. The smallest absolute Gasteiger partial charge is 0.242 e. The van der Waals surface area contributed by atoms with Gasteiger partial charge in [0.1, 0.15) is 6.04 Å². The first-order valence-electron chi connectivity index (χ1n) is 6.16. The molecule has 0 aliphatic carbocycles. The lowest BCUT2D eigenvalue weighted by Crippen LogP contribution is -2.54. The molecule has 0 saturated carbocycles. The number of rotatable bonds is 2. The molecule has 2 rings (SSSR count). The minimum Gasteiger partial charge on any atom is -0.354 e. The van der Waals surface area contributed by atoms with Crippen molar-refractivity contribution in [3.8, 4) is 0 Å². The standard InChI is InChI=1S/C11H19N3O2S/c15-10-8(3-1-2-4-13-10)14-11(16)9-7-17-6-5-12-9/h8-9,12H,1-7H2,(H,13,15)(H,14,16). The fraction of sp³-hybridized carbons (Fsp3) is 0.818. The summed E-state index contributed by atoms with van der Waals surface area (Å²) in [5, 5.41) is 8.85. The Kier molecular flexibility index (Phi) is 4.67. The summed E-state index contributed by atoms with van der Waals surface area (Å²) in [5.41, 5.74) is 0. The van der Waals surface area contributed by atoms with Crippen LogP contribution in [-0.2, 0) is 9.59 Å². The first-order chi connectivity index (χ1) is 8.27. The molecule has 2 heterocycles. The largest absolute Gasteiger partial charge is 0.354 e. The number of hydrogen-bond acceptors (Lipinski definition) is 4. The zero-order valence-electron chi connectivity index (χ0n) is 9.83. The fourth-order valence-corrected chi connectivity index (χ4v) is 3.02. The van der Waals surface area contributed by atoms with Crippen LogP contribution in [0.2, 0.25) is 0 Å². The van der Waals surface area contributed by atoms with Crippen molar-refractivity contribution in [3.05, 3.63) is 0 Å². The summed E-state index contributed by atoms with van der Waals surface area (Å²) in [6.07, 6.45) is 2.73. The maximum Gasteiger partial charge on any atom is 0.242 e. The molecule has 0 aromatic carbocycles. The summed E-state index contributed by atoms with van der Waals surface area (Å²) in [6, 6.07) is -0.497. The summed E-state index contributed by atoms with van der Waals surface area (Å²) < 4.78 is 0. The summed E-state index contributed by atoms with van der Waals surface area (Å²) in [5.74, 6) is 1.76. The Morgan fingerprint density at radius 1 is 1.35 bits per heavy atom. The van der Waals surface area contributed by atoms with E-state index in [4.69, 9.17) is 0 Å². The Morgan fingerprint density at radius 3 is 3.00 bits per heavy atom. The molecule has 2 saturated heterocycles. The second kappa shape index (κ2) is 6.26. The van der Waals surface area contributed by atoms with E-state index in [1.165, 1.54) is 0 Å². The third-order valence-electron chi connectivity index (χ3n) is 3.09. The van der Waals surface area contributed by atoms with E-state index in [-0.39, 0.29) is 23.9 Å². The molecule has 0 radical (unpaired) electrons. The Bertz CT molecular complexity index is 292. The molecule has 2 fully saturated rings. The van der Waals surface area contributed by atoms with Gasteiger partial charge in [-0.2, -0.15) is 11.8 Å². The Balaban J connectivity index is 1.85. The zero-order chi connectivity index (χ0) is 12.1. The molecule has 0 bridgehead atoms. The van der Waals surface area contributed by atoms with Crippen molar-refractivity contribution in [1.82, 2.24) is 16.0 Å². The molecule has 2 aliphatic heterocycles. The topological polar surface area (TPSA) is 70.2 Å². The zero-order valence-corrected chi connectivity index (χ0v) is 10.6. The number of amides is 2. The van der Waals surface area contributed by atoms with Crippen LogP contribution in [0.4, 0.5) is 0 Å². The van der Waals surface area contributed by atoms with E-state index in [1.807, 2.05) is 0 Å². The van der Waals surface area contributed by atoms with Gasteiger partial charge < -0.3 is 16.0 Å². The van der Waals surface area contributed by atoms with Gasteiger partial charge in [0.15, 0.2) is 0 Å². The SMILES string of the molecule is O=C(NC1CCCCNC1=O)C1CSCCN1. The highest BCUT2D eigenvalue weighted by molar-refractivity contribution is 7.99. The van der Waals surface area contributed by atoms with Gasteiger partial charge in [-0.25, -0.2) is 0 Å². The lowest BCUT2D eigenvalue weighted by molar-refractivity contribution is -0.129. The van der Waals surface area contributed by atoms with Crippen LogP contribution in [-0.4, -0.2) is 48.5 Å². The van der Waals surface area contributed by atoms with Gasteiger partial charge >= 0.3 is 0 Å². The second-order valence-electron chi connectivity index (χ2n) is 4.43. The maximum atomic E-state index is 12.0. The van der Waals surface area contributed by atoms with E-state index in [1.54, 1.807) is 11.8 Å². The van der Waals surface area contributed by atoms with Crippen molar-refractivity contribution in [2.45, 2.75) is 31.3 Å². The lowest BCUT2D eigenvalue weighted by atomic mass is 10.1. The number of nitrogens with one attached hydrogen (secondary N) is 3. The van der Waals surface area contributed by atoms with Crippen molar-refractivity contribution in [2.75, 3.05) is 24.6 Å². The van der Waals surface area contributed by atoms with Crippen LogP contribution in [0.25, 0.3) is 0 Å². The van der Waals surface area contributed by atoms with E-state index < -0.39 is 0 Å². The highest BCUT2D eigenvalue weighted by Crippen LogP contribution is 2.09. The normalized spacial score (nSPS) is 30.2. The van der Waals surface area contributed by atoms with Gasteiger partial charge in [0.25, 0.3) is 0 Å². The van der Waals surface area contributed by atoms with E-state index >= 15 is 0 Å². The first-order valence-corrected chi connectivity index (χ1v) is 7.32. The van der Waals surface area contributed by atoms with Gasteiger partial charge in [-0.3, -0.25) is 9.59 Å². The van der Waals surface area contributed by atoms with E-state index in [0.717, 1.165) is 43.9 Å². The molecule has 2 atom stereocenters. The number of carbonyl (C=O) groups excluding carboxylic acids is 2. The molecular weight excluding hydrogens is 238 g/mol. The Labute approximate surface area is 105 Å². The average molecular weight is 257 g/mol. The molecule has 2 unspecified atom stereocenters. The molecule has 0 aromatic rings. The molecule has 2 amide bonds. The summed E-state index contributed by atoms with van der Waals surface area (Å²) in [7, 11) is 0. The third kappa shape index (κ3) is 3.61. The molecule has 6 heteroatoms. The van der Waals surface area contributed by atoms with E-state index in [2.05, 4.69) is 16.0 Å². The van der Waals surface area contributed by atoms with Crippen molar-refractivity contribution >= 4 is 23.6 Å². The highest BCUT2D eigenvalue weighted by Gasteiger charge is 2.27. The van der Waals surface area contributed by atoms with Crippen LogP contribution in [0.3, 0.4) is 0 Å². The van der Waals surface area contributed by atoms with Crippen LogP contribution in [0.5, 0.6) is 0 Å². The highest BCUT2D eigenvalue weighted by atomic mass is 32.2. The second-order valence-corrected chi connectivity index (χ2v) is 5.58. The molecule has 96 valence electrons. The van der Waals surface area contributed by atoms with Crippen molar-refractivity contribution < 1.29 is 9.59 Å². The Morgan fingerprint density at radius 2 is 2.24 bits per heavy atom. The molecule has 2 aliphatic rings. The Hall–Kier alpha value is -0.750. The molecule has 0 spiro atoms. The number of hydrogen-bond donors (Lipinski definition) is 3. The summed E-state index contributed by atoms with van der Waals surface area (Å²) >= 11 is 1.77. The van der Waals surface area contributed by atoms with Crippen LogP contribution in [0.1, 0.15) is 19.3 Å². The minimum atomic E-state index is -0.348. The van der Waals surface area contributed by atoms with Gasteiger partial charge in [0.05, 0.1) is 6.04 Å². The number of carbonyl (C=O) groups is 2. The quantitative estimate of drug-likeness (QED) is 0.622. The summed E-state index contributed by atoms with van der Waals surface area (Å²) in [6.45, 7) is 1.59. The molecule has 5 nitrogen and oxygen atoms in total. The van der Waals surface area contributed by atoms with Crippen molar-refractivity contribution in [2.24, 2.45) is 0 Å². The van der Waals surface area contributed by atoms with Crippen LogP contribution >= 0.6 is 11.8 Å². The predicted octanol–water partition coefficient (Wildman–Crippen LogP) is -0.524. The van der Waals surface area contributed by atoms with Crippen molar-refractivity contribution in [3.63, 3.8) is 0 Å². The van der Waals surface area contributed by atoms with Gasteiger partial charge in [0, 0.05) is 24.6 Å². The van der Waals surface area contributed by atoms with Crippen LogP contribution in [0, 0.1) is 0 Å². The van der Waals surface area contributed by atoms with Gasteiger partial charge in [0.2, 0.25) is 11.8 Å². The van der Waals surface area contributed by atoms with E-state index in [0.29, 0.717) is 0 Å². The molecule has 17 heavy (non-hydrogen) atoms. The monoisotopic (exact) mass is 257 g/mol. The van der Waals surface area contributed by atoms with Crippen molar-refractivity contribution in [1.29, 1.82) is 0 Å². The molecular formula is C11H19N3O2S. The fourth-order valence-electron chi connectivity index (χ4n) is 2.08. The molecule has 0 aromatic heterocycles. The van der Waals surface area contributed by atoms with Gasteiger partial charge in [-0.15, -0.1) is 0 Å². The lowest BCUT2D eigenvalue weighted by Gasteiger charge is -2.24. The predicted molar refractivity (Wildman–Crippen MR) is 67.9 cm³/mol. The van der Waals surface area contributed by atoms with E-state index in [9.17, 15) is 9.59 Å². The van der Waals surface area contributed by atoms with Crippen LogP contribution < -0.4 is 16.0 Å². The van der Waals surface area contributed by atoms with Crippen LogP contribution in [0.15, 0.2) is 0 Å². The van der Waals surface area contributed by atoms with Gasteiger partial charge in [-0.1, -0.05) is 0 Å².